The van der Waals surface area contributed by atoms with Crippen LogP contribution in [0.2, 0.25) is 0 Å². The molecule has 55 heavy (non-hydrogen) atoms. The molecule has 2 aliphatic rings. The molecule has 286 valence electrons. The quantitative estimate of drug-likeness (QED) is 0.0497. The summed E-state index contributed by atoms with van der Waals surface area (Å²) in [5.74, 6) is -1.79. The summed E-state index contributed by atoms with van der Waals surface area (Å²) >= 11 is 0. The number of carbonyl (C=O) groups is 1. The first-order valence-electron chi connectivity index (χ1n) is 16.6. The Hall–Kier alpha value is -5.93. The van der Waals surface area contributed by atoms with Crippen molar-refractivity contribution in [2.45, 2.75) is 50.7 Å². The molecule has 5 unspecified atom stereocenters. The number of ether oxygens (including phenoxy) is 3. The zero-order chi connectivity index (χ0) is 39.1. The highest BCUT2D eigenvalue weighted by Crippen LogP contribution is 2.44. The summed E-state index contributed by atoms with van der Waals surface area (Å²) in [5, 5.41) is 27.2. The first-order chi connectivity index (χ1) is 26.2. The number of nitrogens with zero attached hydrogens (tertiary/aromatic N) is 5. The van der Waals surface area contributed by atoms with Gasteiger partial charge in [-0.1, -0.05) is 53.5 Å². The minimum Gasteiger partial charge on any atom is -0.342 e. The van der Waals surface area contributed by atoms with E-state index in [2.05, 4.69) is 20.7 Å². The molecule has 3 aromatic carbocycles. The van der Waals surface area contributed by atoms with E-state index in [0.717, 1.165) is 17.7 Å². The Labute approximate surface area is 309 Å². The summed E-state index contributed by atoms with van der Waals surface area (Å²) in [6, 6.07) is 20.3. The third kappa shape index (κ3) is 7.98. The maximum absolute atomic E-state index is 13.7. The molecule has 21 nitrogen and oxygen atoms in total. The van der Waals surface area contributed by atoms with E-state index in [9.17, 15) is 39.3 Å². The third-order valence-electron chi connectivity index (χ3n) is 8.67. The van der Waals surface area contributed by atoms with Crippen LogP contribution in [-0.2, 0) is 29.8 Å². The number of fused-ring (bicyclic) bond motifs is 2. The van der Waals surface area contributed by atoms with E-state index in [1.807, 2.05) is 35.5 Å². The Balaban J connectivity index is 1.17. The lowest BCUT2D eigenvalue weighted by Crippen LogP contribution is -2.46. The number of non-ortho nitro benzene ring substituents is 1. The Bertz CT molecular complexity index is 2390. The van der Waals surface area contributed by atoms with Crippen molar-refractivity contribution in [3.63, 3.8) is 0 Å². The standard InChI is InChI=1S/C33H32N9O12P/c1-33(2)53-26-24(17-51-55(49,50)38-37-22-14-13-21(41(45)46)15-23(22)42(47)48)52-31(27(26)54-33)40-18-39(16-19-9-5-3-6-10-19)25-28(40)34-32(36-30(25)44)35-29(43)20-11-7-4-8-12-20/h3-15,18,24,26-27,31,37H,16-17H2,1-2H3,(H3-,34,35,36,38,43,44,49,50)/p+1. The summed E-state index contributed by atoms with van der Waals surface area (Å²) in [4.78, 5) is 65.4. The molecule has 2 aliphatic heterocycles. The second-order valence-corrected chi connectivity index (χ2v) is 14.5. The number of anilines is 2. The van der Waals surface area contributed by atoms with Gasteiger partial charge in [-0.3, -0.25) is 49.2 Å². The van der Waals surface area contributed by atoms with Crippen LogP contribution in [0.5, 0.6) is 0 Å². The van der Waals surface area contributed by atoms with Gasteiger partial charge in [0.25, 0.3) is 23.1 Å². The minimum absolute atomic E-state index is 0.116. The topological polar surface area (TPSA) is 268 Å². The zero-order valence-corrected chi connectivity index (χ0v) is 29.8. The maximum Gasteiger partial charge on any atom is 0.420 e. The van der Waals surface area contributed by atoms with Crippen LogP contribution in [0.25, 0.3) is 11.2 Å². The number of aromatic amines is 1. The lowest BCUT2D eigenvalue weighted by atomic mass is 10.1. The molecule has 0 saturated carbocycles. The van der Waals surface area contributed by atoms with Gasteiger partial charge in [-0.15, -0.1) is 5.20 Å². The van der Waals surface area contributed by atoms with Crippen molar-refractivity contribution in [3.05, 3.63) is 127 Å². The van der Waals surface area contributed by atoms with Gasteiger partial charge in [0.1, 0.15) is 24.0 Å². The van der Waals surface area contributed by atoms with Crippen LogP contribution in [0.4, 0.5) is 23.0 Å². The molecule has 5 atom stereocenters. The number of nitrogens with one attached hydrogen (secondary N) is 4. The average Bonchev–Trinajstić information content (AvgIpc) is 3.78. The van der Waals surface area contributed by atoms with Crippen LogP contribution in [-0.4, -0.2) is 65.9 Å². The molecule has 5 N–H and O–H groups in total. The summed E-state index contributed by atoms with van der Waals surface area (Å²) in [7, 11) is -4.78. The van der Waals surface area contributed by atoms with Crippen LogP contribution >= 0.6 is 7.75 Å². The highest BCUT2D eigenvalue weighted by atomic mass is 31.2. The second-order valence-electron chi connectivity index (χ2n) is 12.9. The average molecular weight is 779 g/mol. The van der Waals surface area contributed by atoms with Gasteiger partial charge in [0.15, 0.2) is 12.1 Å². The fourth-order valence-electron chi connectivity index (χ4n) is 6.32. The van der Waals surface area contributed by atoms with Crippen LogP contribution in [0.1, 0.15) is 36.0 Å². The maximum atomic E-state index is 13.7. The van der Waals surface area contributed by atoms with E-state index in [1.165, 1.54) is 0 Å². The van der Waals surface area contributed by atoms with Gasteiger partial charge in [-0.2, -0.15) is 0 Å². The molecule has 2 fully saturated rings. The fraction of sp³-hybridized carbons (Fsp3) is 0.273. The van der Waals surface area contributed by atoms with Gasteiger partial charge in [0, 0.05) is 11.6 Å². The van der Waals surface area contributed by atoms with E-state index in [-0.39, 0.29) is 29.3 Å². The van der Waals surface area contributed by atoms with Crippen molar-refractivity contribution < 1.29 is 47.4 Å². The van der Waals surface area contributed by atoms with Crippen molar-refractivity contribution in [3.8, 4) is 0 Å². The minimum atomic E-state index is -4.78. The van der Waals surface area contributed by atoms with Gasteiger partial charge in [0.2, 0.25) is 11.7 Å². The first-order valence-corrected chi connectivity index (χ1v) is 18.1. The SMILES string of the molecule is CC1(C)OC2C(COP(=O)(O)NNc3ccc([N+](=O)[O-])cc3[N+](=O)[O-])OC([n+]3cn(Cc4ccccc4)c4c(=O)[nH]c(NC(=O)c5ccccc5)nc43)C2O1. The lowest BCUT2D eigenvalue weighted by molar-refractivity contribution is -0.746. The molecule has 0 radical (unpaired) electrons. The van der Waals surface area contributed by atoms with Gasteiger partial charge in [-0.05, 0) is 37.6 Å². The van der Waals surface area contributed by atoms with Gasteiger partial charge in [-0.25, -0.2) is 9.13 Å². The molecule has 4 heterocycles. The van der Waals surface area contributed by atoms with E-state index < -0.39 is 77.4 Å². The Morgan fingerprint density at radius 1 is 1.05 bits per heavy atom. The Morgan fingerprint density at radius 3 is 2.44 bits per heavy atom. The van der Waals surface area contributed by atoms with E-state index in [4.69, 9.17) is 18.7 Å². The molecule has 0 aliphatic carbocycles. The number of hydrogen-bond acceptors (Lipinski definition) is 13. The number of nitro groups is 2. The molecule has 0 spiro atoms. The van der Waals surface area contributed by atoms with Crippen molar-refractivity contribution in [2.24, 2.45) is 0 Å². The van der Waals surface area contributed by atoms with Crippen LogP contribution in [0, 0.1) is 20.2 Å². The molecular weight excluding hydrogens is 745 g/mol. The molecular formula is C33H33N9O12P+. The van der Waals surface area contributed by atoms with Crippen LogP contribution in [0.15, 0.2) is 90.0 Å². The highest BCUT2D eigenvalue weighted by Gasteiger charge is 2.58. The van der Waals surface area contributed by atoms with Crippen LogP contribution in [0.3, 0.4) is 0 Å². The van der Waals surface area contributed by atoms with Gasteiger partial charge in [0.05, 0.1) is 29.1 Å². The molecule has 2 saturated heterocycles. The van der Waals surface area contributed by atoms with E-state index >= 15 is 0 Å². The van der Waals surface area contributed by atoms with Gasteiger partial charge < -0.3 is 24.5 Å². The summed E-state index contributed by atoms with van der Waals surface area (Å²) in [6.07, 6.45) is -2.21. The molecule has 5 aromatic rings. The Kier molecular flexibility index (Phi) is 10.0. The number of H-pyrrole nitrogens is 1. The molecule has 2 aromatic heterocycles. The number of hydrogen-bond donors (Lipinski definition) is 5. The summed E-state index contributed by atoms with van der Waals surface area (Å²) < 4.78 is 40.3. The smallest absolute Gasteiger partial charge is 0.342 e. The highest BCUT2D eigenvalue weighted by molar-refractivity contribution is 7.50. The Morgan fingerprint density at radius 2 is 1.75 bits per heavy atom. The predicted octanol–water partition coefficient (Wildman–Crippen LogP) is 3.28. The second kappa shape index (κ2) is 14.7. The number of nitro benzene ring substituents is 2. The number of benzene rings is 3. The van der Waals surface area contributed by atoms with Crippen LogP contribution < -0.4 is 26.1 Å². The molecule has 7 rings (SSSR count). The van der Waals surface area contributed by atoms with Crippen molar-refractivity contribution in [1.29, 1.82) is 0 Å². The third-order valence-corrected chi connectivity index (χ3v) is 9.56. The number of hydrazine groups is 1. The number of carbonyl (C=O) groups excluding carboxylic acids is 1. The number of aromatic nitrogens is 4. The number of rotatable bonds is 13. The monoisotopic (exact) mass is 778 g/mol. The van der Waals surface area contributed by atoms with Gasteiger partial charge >= 0.3 is 19.1 Å². The number of imidazole rings is 1. The molecule has 22 heteroatoms. The normalized spacial score (nSPS) is 21.1. The summed E-state index contributed by atoms with van der Waals surface area (Å²) in [5.41, 5.74) is 1.49. The molecule has 0 bridgehead atoms. The first kappa shape index (κ1) is 37.4. The van der Waals surface area contributed by atoms with E-state index in [1.54, 1.807) is 59.6 Å². The van der Waals surface area contributed by atoms with Crippen molar-refractivity contribution >= 4 is 47.8 Å². The van der Waals surface area contributed by atoms with E-state index in [0.29, 0.717) is 11.6 Å². The summed E-state index contributed by atoms with van der Waals surface area (Å²) in [6.45, 7) is 3.03. The zero-order valence-electron chi connectivity index (χ0n) is 28.9. The number of amides is 1. The molecule has 1 amide bonds. The fourth-order valence-corrected chi connectivity index (χ4v) is 6.99. The largest absolute Gasteiger partial charge is 0.420 e. The van der Waals surface area contributed by atoms with Crippen molar-refractivity contribution in [2.75, 3.05) is 17.3 Å². The van der Waals surface area contributed by atoms with Crippen molar-refractivity contribution in [1.82, 2.24) is 19.7 Å². The lowest BCUT2D eigenvalue weighted by Gasteiger charge is -2.24. The predicted molar refractivity (Wildman–Crippen MR) is 191 cm³/mol.